The van der Waals surface area contributed by atoms with Crippen molar-refractivity contribution in [2.75, 3.05) is 24.6 Å². The van der Waals surface area contributed by atoms with Crippen LogP contribution >= 0.6 is 7.26 Å². The Morgan fingerprint density at radius 1 is 0.625 bits per heavy atom. The lowest BCUT2D eigenvalue weighted by Crippen LogP contribution is -3.00. The van der Waals surface area contributed by atoms with Crippen LogP contribution in [0.25, 0.3) is 0 Å². The van der Waals surface area contributed by atoms with E-state index in [0.29, 0.717) is 0 Å². The molecule has 0 heterocycles. The zero-order valence-electron chi connectivity index (χ0n) is 11.9. The van der Waals surface area contributed by atoms with E-state index in [2.05, 4.69) is 27.7 Å². The lowest BCUT2D eigenvalue weighted by molar-refractivity contribution is -0.00000357. The Kier molecular flexibility index (Phi) is 14.5. The number of hydrogen-bond acceptors (Lipinski definition) is 0. The molecule has 0 aliphatic rings. The summed E-state index contributed by atoms with van der Waals surface area (Å²) >= 11 is 0. The van der Waals surface area contributed by atoms with Crippen molar-refractivity contribution in [3.05, 3.63) is 0 Å². The van der Waals surface area contributed by atoms with Gasteiger partial charge in [-0.15, -0.1) is 0 Å². The maximum atomic E-state index is 2.45. The molecule has 0 rings (SSSR count). The van der Waals surface area contributed by atoms with Gasteiger partial charge < -0.3 is 12.4 Å². The van der Waals surface area contributed by atoms with Gasteiger partial charge in [-0.1, -0.05) is 40.0 Å². The molecule has 0 aromatic rings. The van der Waals surface area contributed by atoms with Gasteiger partial charge in [-0.2, -0.15) is 0 Å². The normalized spacial score (nSPS) is 11.2. The van der Waals surface area contributed by atoms with E-state index in [1.165, 1.54) is 44.7 Å². The van der Waals surface area contributed by atoms with E-state index in [4.69, 9.17) is 0 Å². The number of unbranched alkanes of at least 4 members (excludes halogenated alkanes) is 3. The molecule has 0 saturated heterocycles. The van der Waals surface area contributed by atoms with Crippen LogP contribution in [0.1, 0.15) is 66.2 Å². The summed E-state index contributed by atoms with van der Waals surface area (Å²) < 4.78 is 0. The Labute approximate surface area is 111 Å². The fourth-order valence-corrected chi connectivity index (χ4v) is 6.87. The summed E-state index contributed by atoms with van der Waals surface area (Å²) in [6.07, 6.45) is 14.9. The predicted octanol–water partition coefficient (Wildman–Crippen LogP) is 2.43. The van der Waals surface area contributed by atoms with Crippen LogP contribution in [-0.2, 0) is 0 Å². The second-order valence-corrected chi connectivity index (χ2v) is 9.55. The molecule has 0 aromatic heterocycles. The molecule has 0 saturated carbocycles. The lowest BCUT2D eigenvalue weighted by Gasteiger charge is -2.26. The molecule has 0 aromatic carbocycles. The first-order valence-corrected chi connectivity index (χ1v) is 9.62. The summed E-state index contributed by atoms with van der Waals surface area (Å²) in [5, 5.41) is 0. The van der Waals surface area contributed by atoms with Crippen molar-refractivity contribution >= 4 is 7.26 Å². The monoisotopic (exact) mass is 266 g/mol. The van der Waals surface area contributed by atoms with E-state index in [0.717, 1.165) is 0 Å². The fourth-order valence-electron chi connectivity index (χ4n) is 2.29. The highest BCUT2D eigenvalue weighted by atomic mass is 35.5. The minimum Gasteiger partial charge on any atom is -1.00 e. The van der Waals surface area contributed by atoms with Gasteiger partial charge in [0, 0.05) is 7.26 Å². The highest BCUT2D eigenvalue weighted by molar-refractivity contribution is 7.75. The molecular weight excluding hydrogens is 235 g/mol. The Bertz CT molecular complexity index is 115. The van der Waals surface area contributed by atoms with Gasteiger partial charge >= 0.3 is 0 Å². The van der Waals surface area contributed by atoms with E-state index < -0.39 is 7.26 Å². The minimum absolute atomic E-state index is 0. The summed E-state index contributed by atoms with van der Waals surface area (Å²) in [7, 11) is -0.527. The molecule has 0 radical (unpaired) electrons. The molecule has 0 aliphatic carbocycles. The van der Waals surface area contributed by atoms with Gasteiger partial charge in [0.15, 0.2) is 0 Å². The smallest absolute Gasteiger partial charge is 0.0594 e. The van der Waals surface area contributed by atoms with Gasteiger partial charge in [0.2, 0.25) is 0 Å². The average Bonchev–Trinajstić information content (AvgIpc) is 2.29. The molecule has 0 atom stereocenters. The van der Waals surface area contributed by atoms with E-state index >= 15 is 0 Å². The second-order valence-electron chi connectivity index (χ2n) is 4.89. The third kappa shape index (κ3) is 7.91. The van der Waals surface area contributed by atoms with Crippen molar-refractivity contribution in [2.24, 2.45) is 0 Å². The van der Waals surface area contributed by atoms with Crippen molar-refractivity contribution in [2.45, 2.75) is 66.2 Å². The molecule has 0 aliphatic heterocycles. The largest absolute Gasteiger partial charge is 1.00 e. The minimum atomic E-state index is -0.527. The Balaban J connectivity index is 0. The molecule has 0 bridgehead atoms. The first kappa shape index (κ1) is 19.1. The Morgan fingerprint density at radius 3 is 1.12 bits per heavy atom. The molecule has 0 spiro atoms. The van der Waals surface area contributed by atoms with Gasteiger partial charge in [0.25, 0.3) is 0 Å². The Hall–Kier alpha value is 0.720. The van der Waals surface area contributed by atoms with Crippen LogP contribution < -0.4 is 12.4 Å². The van der Waals surface area contributed by atoms with Crippen LogP contribution in [0.3, 0.4) is 0 Å². The summed E-state index contributed by atoms with van der Waals surface area (Å²) in [4.78, 5) is 0. The first-order valence-electron chi connectivity index (χ1n) is 7.09. The number of rotatable bonds is 10. The third-order valence-corrected chi connectivity index (χ3v) is 8.77. The van der Waals surface area contributed by atoms with E-state index in [1.807, 2.05) is 0 Å². The fraction of sp³-hybridized carbons (Fsp3) is 1.00. The van der Waals surface area contributed by atoms with Crippen molar-refractivity contribution < 1.29 is 12.4 Å². The maximum Gasteiger partial charge on any atom is 0.0594 e. The SMILES string of the molecule is CCCC[P+](CC)(CCCC)CCCC.[Cl-]. The van der Waals surface area contributed by atoms with E-state index in [1.54, 1.807) is 18.5 Å². The van der Waals surface area contributed by atoms with Crippen LogP contribution in [0, 0.1) is 0 Å². The summed E-state index contributed by atoms with van der Waals surface area (Å²) in [5.74, 6) is 0. The molecule has 0 nitrogen and oxygen atoms in total. The molecule has 2 heteroatoms. The van der Waals surface area contributed by atoms with Crippen LogP contribution in [0.4, 0.5) is 0 Å². The zero-order valence-corrected chi connectivity index (χ0v) is 13.5. The molecular formula is C14H32ClP. The van der Waals surface area contributed by atoms with Crippen molar-refractivity contribution in [3.8, 4) is 0 Å². The maximum absolute atomic E-state index is 2.45. The van der Waals surface area contributed by atoms with Crippen LogP contribution in [-0.4, -0.2) is 24.6 Å². The van der Waals surface area contributed by atoms with Gasteiger partial charge in [-0.25, -0.2) is 0 Å². The second kappa shape index (κ2) is 12.2. The van der Waals surface area contributed by atoms with Crippen molar-refractivity contribution in [3.63, 3.8) is 0 Å². The molecule has 0 amide bonds. The first-order chi connectivity index (χ1) is 7.24. The third-order valence-electron chi connectivity index (χ3n) is 3.63. The topological polar surface area (TPSA) is 0 Å². The van der Waals surface area contributed by atoms with E-state index in [-0.39, 0.29) is 12.4 Å². The lowest BCUT2D eigenvalue weighted by atomic mass is 10.4. The molecule has 0 fully saturated rings. The van der Waals surface area contributed by atoms with Crippen LogP contribution in [0.5, 0.6) is 0 Å². The van der Waals surface area contributed by atoms with Crippen molar-refractivity contribution in [1.82, 2.24) is 0 Å². The molecule has 100 valence electrons. The van der Waals surface area contributed by atoms with Gasteiger partial charge in [0.1, 0.15) is 0 Å². The number of hydrogen-bond donors (Lipinski definition) is 0. The van der Waals surface area contributed by atoms with Gasteiger partial charge in [-0.3, -0.25) is 0 Å². The highest BCUT2D eigenvalue weighted by Gasteiger charge is 2.32. The highest BCUT2D eigenvalue weighted by Crippen LogP contribution is 2.60. The van der Waals surface area contributed by atoms with Crippen LogP contribution in [0.2, 0.25) is 0 Å². The van der Waals surface area contributed by atoms with Crippen LogP contribution in [0.15, 0.2) is 0 Å². The standard InChI is InChI=1S/C14H32P.ClH/c1-5-9-12-15(8-4,13-10-6-2)14-11-7-3;/h5-14H2,1-4H3;1H/q+1;/p-1. The molecule has 16 heavy (non-hydrogen) atoms. The Morgan fingerprint density at radius 2 is 0.938 bits per heavy atom. The summed E-state index contributed by atoms with van der Waals surface area (Å²) in [6, 6.07) is 0. The van der Waals surface area contributed by atoms with Gasteiger partial charge in [0.05, 0.1) is 24.6 Å². The van der Waals surface area contributed by atoms with Crippen molar-refractivity contribution in [1.29, 1.82) is 0 Å². The quantitative estimate of drug-likeness (QED) is 0.533. The summed E-state index contributed by atoms with van der Waals surface area (Å²) in [6.45, 7) is 9.46. The molecule has 0 unspecified atom stereocenters. The van der Waals surface area contributed by atoms with E-state index in [9.17, 15) is 0 Å². The molecule has 0 N–H and O–H groups in total. The van der Waals surface area contributed by atoms with Gasteiger partial charge in [-0.05, 0) is 26.2 Å². The predicted molar refractivity (Wildman–Crippen MR) is 76.8 cm³/mol. The zero-order chi connectivity index (χ0) is 11.6. The number of halogens is 1. The summed E-state index contributed by atoms with van der Waals surface area (Å²) in [5.41, 5.74) is 0. The average molecular weight is 267 g/mol.